The summed E-state index contributed by atoms with van der Waals surface area (Å²) in [6.45, 7) is 2.03. The smallest absolute Gasteiger partial charge is 0.317 e. The number of aromatic nitrogens is 3. The lowest BCUT2D eigenvalue weighted by Gasteiger charge is -2.21. The summed E-state index contributed by atoms with van der Waals surface area (Å²) >= 11 is 0. The number of hydrogen-bond donors (Lipinski definition) is 1. The van der Waals surface area contributed by atoms with E-state index in [1.165, 1.54) is 0 Å². The number of likely N-dealkylation sites (N-methyl/N-ethyl adjacent to an activating group) is 1. The van der Waals surface area contributed by atoms with Crippen molar-refractivity contribution in [2.24, 2.45) is 7.05 Å². The zero-order valence-corrected chi connectivity index (χ0v) is 10.5. The molecule has 0 bridgehead atoms. The van der Waals surface area contributed by atoms with Crippen LogP contribution in [0.25, 0.3) is 0 Å². The second kappa shape index (κ2) is 6.31. The van der Waals surface area contributed by atoms with Crippen LogP contribution in [0.4, 0.5) is 0 Å². The Morgan fingerprint density at radius 2 is 2.18 bits per heavy atom. The van der Waals surface area contributed by atoms with Crippen LogP contribution < -0.4 is 0 Å². The first kappa shape index (κ1) is 13.6. The Labute approximate surface area is 101 Å². The van der Waals surface area contributed by atoms with Crippen molar-refractivity contribution >= 4 is 5.97 Å². The van der Waals surface area contributed by atoms with E-state index in [1.54, 1.807) is 17.9 Å². The van der Waals surface area contributed by atoms with E-state index in [-0.39, 0.29) is 6.54 Å². The summed E-state index contributed by atoms with van der Waals surface area (Å²) in [6.07, 6.45) is 1.80. The monoisotopic (exact) mass is 241 g/mol. The van der Waals surface area contributed by atoms with Crippen molar-refractivity contribution in [2.75, 3.05) is 33.7 Å². The Morgan fingerprint density at radius 1 is 1.47 bits per heavy atom. The number of carboxylic acid groups (broad SMARTS) is 1. The predicted octanol–water partition coefficient (Wildman–Crippen LogP) is -0.737. The van der Waals surface area contributed by atoms with E-state index < -0.39 is 5.97 Å². The SMILES string of the molecule is CN(C)CCN(CC(=O)O)Cc1cn(C)nn1. The van der Waals surface area contributed by atoms with Crippen LogP contribution in [0, 0.1) is 0 Å². The molecule has 0 unspecified atom stereocenters. The van der Waals surface area contributed by atoms with E-state index in [4.69, 9.17) is 5.11 Å². The summed E-state index contributed by atoms with van der Waals surface area (Å²) in [6, 6.07) is 0. The first-order chi connectivity index (χ1) is 7.97. The van der Waals surface area contributed by atoms with E-state index in [0.29, 0.717) is 13.1 Å². The van der Waals surface area contributed by atoms with Crippen LogP contribution in [0.5, 0.6) is 0 Å². The fraction of sp³-hybridized carbons (Fsp3) is 0.700. The number of nitrogens with zero attached hydrogens (tertiary/aromatic N) is 5. The molecule has 7 nitrogen and oxygen atoms in total. The molecular formula is C10H19N5O2. The van der Waals surface area contributed by atoms with Crippen molar-refractivity contribution in [1.29, 1.82) is 0 Å². The number of hydrogen-bond acceptors (Lipinski definition) is 5. The van der Waals surface area contributed by atoms with Gasteiger partial charge in [-0.05, 0) is 14.1 Å². The van der Waals surface area contributed by atoms with E-state index in [9.17, 15) is 4.79 Å². The van der Waals surface area contributed by atoms with Crippen molar-refractivity contribution in [1.82, 2.24) is 24.8 Å². The van der Waals surface area contributed by atoms with Gasteiger partial charge in [0.25, 0.3) is 0 Å². The van der Waals surface area contributed by atoms with Crippen molar-refractivity contribution < 1.29 is 9.90 Å². The van der Waals surface area contributed by atoms with Gasteiger partial charge >= 0.3 is 5.97 Å². The fourth-order valence-electron chi connectivity index (χ4n) is 1.44. The highest BCUT2D eigenvalue weighted by molar-refractivity contribution is 5.69. The zero-order chi connectivity index (χ0) is 12.8. The normalized spacial score (nSPS) is 11.4. The molecule has 96 valence electrons. The Kier molecular flexibility index (Phi) is 5.05. The number of aryl methyl sites for hydroxylation is 1. The zero-order valence-electron chi connectivity index (χ0n) is 10.5. The molecule has 17 heavy (non-hydrogen) atoms. The number of rotatable bonds is 7. The third-order valence-corrected chi connectivity index (χ3v) is 2.26. The highest BCUT2D eigenvalue weighted by Gasteiger charge is 2.12. The maximum Gasteiger partial charge on any atom is 0.317 e. The first-order valence-electron chi connectivity index (χ1n) is 5.41. The van der Waals surface area contributed by atoms with Gasteiger partial charge in [0.1, 0.15) is 0 Å². The topological polar surface area (TPSA) is 74.5 Å². The number of aliphatic carboxylic acids is 1. The van der Waals surface area contributed by atoms with Crippen LogP contribution in [0.15, 0.2) is 6.20 Å². The van der Waals surface area contributed by atoms with Gasteiger partial charge in [0.15, 0.2) is 0 Å². The summed E-state index contributed by atoms with van der Waals surface area (Å²) in [5.41, 5.74) is 0.785. The quantitative estimate of drug-likeness (QED) is 0.678. The van der Waals surface area contributed by atoms with E-state index >= 15 is 0 Å². The summed E-state index contributed by atoms with van der Waals surface area (Å²) in [7, 11) is 5.71. The molecule has 7 heteroatoms. The molecule has 1 heterocycles. The Morgan fingerprint density at radius 3 is 2.65 bits per heavy atom. The largest absolute Gasteiger partial charge is 0.480 e. The third kappa shape index (κ3) is 5.41. The second-order valence-corrected chi connectivity index (χ2v) is 4.29. The van der Waals surface area contributed by atoms with E-state index in [0.717, 1.165) is 12.2 Å². The minimum absolute atomic E-state index is 0.0183. The van der Waals surface area contributed by atoms with Gasteiger partial charge < -0.3 is 10.0 Å². The van der Waals surface area contributed by atoms with Gasteiger partial charge in [-0.1, -0.05) is 5.21 Å². The van der Waals surface area contributed by atoms with Crippen LogP contribution >= 0.6 is 0 Å². The fourth-order valence-corrected chi connectivity index (χ4v) is 1.44. The van der Waals surface area contributed by atoms with Crippen LogP contribution in [0.3, 0.4) is 0 Å². The summed E-state index contributed by atoms with van der Waals surface area (Å²) in [5, 5.41) is 16.6. The maximum atomic E-state index is 10.8. The molecule has 0 spiro atoms. The summed E-state index contributed by atoms with van der Waals surface area (Å²) in [4.78, 5) is 14.6. The molecule has 1 N–H and O–H groups in total. The molecular weight excluding hydrogens is 222 g/mol. The predicted molar refractivity (Wildman–Crippen MR) is 62.5 cm³/mol. The van der Waals surface area contributed by atoms with Gasteiger partial charge in [-0.15, -0.1) is 5.10 Å². The van der Waals surface area contributed by atoms with E-state index in [2.05, 4.69) is 10.3 Å². The van der Waals surface area contributed by atoms with Gasteiger partial charge in [0, 0.05) is 32.9 Å². The molecule has 0 aromatic carbocycles. The van der Waals surface area contributed by atoms with Crippen LogP contribution in [-0.2, 0) is 18.4 Å². The highest BCUT2D eigenvalue weighted by Crippen LogP contribution is 2.00. The Hall–Kier alpha value is -1.47. The number of carbonyl (C=O) groups is 1. The van der Waals surface area contributed by atoms with E-state index in [1.807, 2.05) is 23.9 Å². The molecule has 0 saturated heterocycles. The lowest BCUT2D eigenvalue weighted by Crippen LogP contribution is -2.35. The lowest BCUT2D eigenvalue weighted by atomic mass is 10.3. The molecule has 0 aliphatic carbocycles. The summed E-state index contributed by atoms with van der Waals surface area (Å²) in [5.74, 6) is -0.826. The average molecular weight is 241 g/mol. The molecule has 0 atom stereocenters. The van der Waals surface area contributed by atoms with Crippen molar-refractivity contribution in [3.8, 4) is 0 Å². The molecule has 1 rings (SSSR count). The maximum absolute atomic E-state index is 10.8. The average Bonchev–Trinajstić information content (AvgIpc) is 2.59. The van der Waals surface area contributed by atoms with Crippen LogP contribution in [-0.4, -0.2) is 69.6 Å². The molecule has 0 radical (unpaired) electrons. The minimum atomic E-state index is -0.826. The Balaban J connectivity index is 2.53. The molecule has 0 amide bonds. The molecule has 0 fully saturated rings. The van der Waals surface area contributed by atoms with Crippen molar-refractivity contribution in [3.05, 3.63) is 11.9 Å². The minimum Gasteiger partial charge on any atom is -0.480 e. The van der Waals surface area contributed by atoms with Gasteiger partial charge in [0.2, 0.25) is 0 Å². The molecule has 0 aliphatic heterocycles. The van der Waals surface area contributed by atoms with Gasteiger partial charge in [0.05, 0.1) is 12.2 Å². The molecule has 1 aromatic rings. The molecule has 0 saturated carbocycles. The molecule has 1 aromatic heterocycles. The van der Waals surface area contributed by atoms with Crippen LogP contribution in [0.2, 0.25) is 0 Å². The summed E-state index contributed by atoms with van der Waals surface area (Å²) < 4.78 is 1.61. The first-order valence-corrected chi connectivity index (χ1v) is 5.41. The number of carboxylic acids is 1. The van der Waals surface area contributed by atoms with Crippen molar-refractivity contribution in [2.45, 2.75) is 6.54 Å². The van der Waals surface area contributed by atoms with Gasteiger partial charge in [-0.3, -0.25) is 14.4 Å². The highest BCUT2D eigenvalue weighted by atomic mass is 16.4. The van der Waals surface area contributed by atoms with Crippen LogP contribution in [0.1, 0.15) is 5.69 Å². The van der Waals surface area contributed by atoms with Gasteiger partial charge in [-0.2, -0.15) is 0 Å². The third-order valence-electron chi connectivity index (χ3n) is 2.26. The lowest BCUT2D eigenvalue weighted by molar-refractivity contribution is -0.138. The molecule has 0 aliphatic rings. The van der Waals surface area contributed by atoms with Gasteiger partial charge in [-0.25, -0.2) is 0 Å². The Bertz CT molecular complexity index is 363. The second-order valence-electron chi connectivity index (χ2n) is 4.29. The standard InChI is InChI=1S/C10H19N5O2/c1-13(2)4-5-15(8-10(16)17)7-9-6-14(3)12-11-9/h6H,4-5,7-8H2,1-3H3,(H,16,17). The van der Waals surface area contributed by atoms with Crippen molar-refractivity contribution in [3.63, 3.8) is 0 Å².